The van der Waals surface area contributed by atoms with Crippen LogP contribution in [0.15, 0.2) is 18.2 Å². The van der Waals surface area contributed by atoms with Crippen LogP contribution in [0.2, 0.25) is 5.02 Å². The molecule has 4 heteroatoms. The minimum absolute atomic E-state index is 0.220. The summed E-state index contributed by atoms with van der Waals surface area (Å²) in [5.74, 6) is 0.392. The van der Waals surface area contributed by atoms with E-state index in [9.17, 15) is 5.11 Å². The fourth-order valence-corrected chi connectivity index (χ4v) is 2.53. The van der Waals surface area contributed by atoms with E-state index in [1.165, 1.54) is 0 Å². The molecule has 2 atom stereocenters. The van der Waals surface area contributed by atoms with Crippen LogP contribution in [0.25, 0.3) is 0 Å². The number of halogens is 1. The van der Waals surface area contributed by atoms with Crippen molar-refractivity contribution in [1.82, 2.24) is 4.90 Å². The molecule has 2 rings (SSSR count). The number of aliphatic hydroxyl groups excluding tert-OH is 1. The second kappa shape index (κ2) is 5.25. The molecule has 2 unspecified atom stereocenters. The third-order valence-corrected chi connectivity index (χ3v) is 3.73. The van der Waals surface area contributed by atoms with Crippen LogP contribution in [-0.4, -0.2) is 29.2 Å². The Morgan fingerprint density at radius 3 is 2.94 bits per heavy atom. The zero-order chi connectivity index (χ0) is 12.4. The molecule has 17 heavy (non-hydrogen) atoms. The summed E-state index contributed by atoms with van der Waals surface area (Å²) < 4.78 is 0. The van der Waals surface area contributed by atoms with Gasteiger partial charge in [-0.2, -0.15) is 0 Å². The molecule has 0 radical (unpaired) electrons. The maximum atomic E-state index is 9.56. The van der Waals surface area contributed by atoms with Crippen molar-refractivity contribution in [3.8, 4) is 0 Å². The molecule has 0 aliphatic carbocycles. The molecule has 1 aliphatic heterocycles. The Labute approximate surface area is 107 Å². The highest BCUT2D eigenvalue weighted by molar-refractivity contribution is 6.30. The van der Waals surface area contributed by atoms with Gasteiger partial charge in [0.05, 0.1) is 6.10 Å². The smallest absolute Gasteiger partial charge is 0.0552 e. The number of anilines is 1. The summed E-state index contributed by atoms with van der Waals surface area (Å²) in [6.45, 7) is 4.68. The third-order valence-electron chi connectivity index (χ3n) is 3.49. The normalized spacial score (nSPS) is 22.9. The van der Waals surface area contributed by atoms with Crippen molar-refractivity contribution in [2.45, 2.75) is 26.0 Å². The molecule has 1 saturated heterocycles. The number of rotatable bonds is 3. The van der Waals surface area contributed by atoms with Crippen LogP contribution in [0.4, 0.5) is 5.69 Å². The Morgan fingerprint density at radius 1 is 1.59 bits per heavy atom. The van der Waals surface area contributed by atoms with Gasteiger partial charge >= 0.3 is 0 Å². The maximum Gasteiger partial charge on any atom is 0.0552 e. The molecule has 0 saturated carbocycles. The van der Waals surface area contributed by atoms with Gasteiger partial charge in [0.15, 0.2) is 0 Å². The Balaban J connectivity index is 1.98. The van der Waals surface area contributed by atoms with Crippen LogP contribution in [0.5, 0.6) is 0 Å². The van der Waals surface area contributed by atoms with E-state index in [0.717, 1.165) is 37.3 Å². The first kappa shape index (κ1) is 12.7. The summed E-state index contributed by atoms with van der Waals surface area (Å²) in [5, 5.41) is 10.2. The first-order valence-electron chi connectivity index (χ1n) is 6.00. The summed E-state index contributed by atoms with van der Waals surface area (Å²) >= 11 is 5.87. The molecule has 1 aliphatic rings. The number of nitrogens with two attached hydrogens (primary N) is 1. The number of nitrogens with zero attached hydrogens (tertiary/aromatic N) is 1. The van der Waals surface area contributed by atoms with Gasteiger partial charge in [-0.15, -0.1) is 0 Å². The zero-order valence-corrected chi connectivity index (χ0v) is 10.8. The maximum absolute atomic E-state index is 9.56. The van der Waals surface area contributed by atoms with Crippen molar-refractivity contribution in [2.75, 3.05) is 18.8 Å². The van der Waals surface area contributed by atoms with Gasteiger partial charge in [0.25, 0.3) is 0 Å². The van der Waals surface area contributed by atoms with E-state index < -0.39 is 0 Å². The van der Waals surface area contributed by atoms with Crippen molar-refractivity contribution >= 4 is 17.3 Å². The number of hydrogen-bond acceptors (Lipinski definition) is 3. The van der Waals surface area contributed by atoms with E-state index in [0.29, 0.717) is 10.9 Å². The number of likely N-dealkylation sites (tertiary alicyclic amines) is 1. The van der Waals surface area contributed by atoms with Crippen molar-refractivity contribution in [2.24, 2.45) is 5.92 Å². The Bertz CT molecular complexity index is 395. The Hall–Kier alpha value is -0.770. The highest BCUT2D eigenvalue weighted by atomic mass is 35.5. The van der Waals surface area contributed by atoms with Crippen LogP contribution in [0.1, 0.15) is 18.9 Å². The van der Waals surface area contributed by atoms with Gasteiger partial charge in [-0.1, -0.05) is 17.7 Å². The van der Waals surface area contributed by atoms with E-state index in [4.69, 9.17) is 17.3 Å². The topological polar surface area (TPSA) is 49.5 Å². The van der Waals surface area contributed by atoms with Gasteiger partial charge in [0.1, 0.15) is 0 Å². The van der Waals surface area contributed by atoms with Crippen molar-refractivity contribution < 1.29 is 5.11 Å². The predicted octanol–water partition coefficient (Wildman–Crippen LogP) is 2.12. The number of aliphatic hydroxyl groups is 1. The van der Waals surface area contributed by atoms with Crippen LogP contribution in [0.3, 0.4) is 0 Å². The van der Waals surface area contributed by atoms with E-state index in [-0.39, 0.29) is 6.10 Å². The second-order valence-corrected chi connectivity index (χ2v) is 5.30. The largest absolute Gasteiger partial charge is 0.398 e. The molecular weight excluding hydrogens is 236 g/mol. The van der Waals surface area contributed by atoms with Crippen LogP contribution in [0, 0.1) is 5.92 Å². The molecule has 1 aromatic carbocycles. The quantitative estimate of drug-likeness (QED) is 0.813. The van der Waals surface area contributed by atoms with Crippen molar-refractivity contribution in [3.63, 3.8) is 0 Å². The van der Waals surface area contributed by atoms with E-state index >= 15 is 0 Å². The minimum Gasteiger partial charge on any atom is -0.398 e. The Morgan fingerprint density at radius 2 is 2.35 bits per heavy atom. The standard InChI is InChI=1S/C13H19ClN2O/c1-9(17)10-4-5-16(7-10)8-11-2-3-12(14)6-13(11)15/h2-3,6,9-10,17H,4-5,7-8,15H2,1H3. The fourth-order valence-electron chi connectivity index (χ4n) is 2.35. The van der Waals surface area contributed by atoms with Crippen LogP contribution < -0.4 is 5.73 Å². The number of hydrogen-bond donors (Lipinski definition) is 2. The number of nitrogen functional groups attached to an aromatic ring is 1. The summed E-state index contributed by atoms with van der Waals surface area (Å²) in [5.41, 5.74) is 7.79. The van der Waals surface area contributed by atoms with Gasteiger partial charge in [0.2, 0.25) is 0 Å². The van der Waals surface area contributed by atoms with Gasteiger partial charge in [0, 0.05) is 23.8 Å². The lowest BCUT2D eigenvalue weighted by Crippen LogP contribution is -2.24. The van der Waals surface area contributed by atoms with Gasteiger partial charge in [-0.25, -0.2) is 0 Å². The lowest BCUT2D eigenvalue weighted by Gasteiger charge is -2.18. The van der Waals surface area contributed by atoms with Crippen LogP contribution in [-0.2, 0) is 6.54 Å². The summed E-state index contributed by atoms with van der Waals surface area (Å²) in [4.78, 5) is 2.33. The molecule has 0 amide bonds. The lowest BCUT2D eigenvalue weighted by molar-refractivity contribution is 0.127. The predicted molar refractivity (Wildman–Crippen MR) is 70.9 cm³/mol. The molecule has 1 fully saturated rings. The van der Waals surface area contributed by atoms with Crippen LogP contribution >= 0.6 is 11.6 Å². The third kappa shape index (κ3) is 3.12. The van der Waals surface area contributed by atoms with Gasteiger partial charge in [-0.05, 0) is 43.5 Å². The molecule has 3 N–H and O–H groups in total. The van der Waals surface area contributed by atoms with Crippen molar-refractivity contribution in [1.29, 1.82) is 0 Å². The zero-order valence-electron chi connectivity index (χ0n) is 10.1. The van der Waals surface area contributed by atoms with Gasteiger partial charge in [-0.3, -0.25) is 4.90 Å². The van der Waals surface area contributed by atoms with E-state index in [1.807, 2.05) is 19.1 Å². The molecule has 0 spiro atoms. The second-order valence-electron chi connectivity index (χ2n) is 4.87. The molecule has 3 nitrogen and oxygen atoms in total. The SMILES string of the molecule is CC(O)C1CCN(Cc2ccc(Cl)cc2N)C1. The first-order chi connectivity index (χ1) is 8.06. The first-order valence-corrected chi connectivity index (χ1v) is 6.38. The fraction of sp³-hybridized carbons (Fsp3) is 0.538. The Kier molecular flexibility index (Phi) is 3.92. The monoisotopic (exact) mass is 254 g/mol. The molecule has 0 bridgehead atoms. The highest BCUT2D eigenvalue weighted by Gasteiger charge is 2.26. The van der Waals surface area contributed by atoms with Crippen molar-refractivity contribution in [3.05, 3.63) is 28.8 Å². The average Bonchev–Trinajstić information content (AvgIpc) is 2.71. The molecule has 1 heterocycles. The molecule has 1 aromatic rings. The lowest BCUT2D eigenvalue weighted by atomic mass is 10.0. The average molecular weight is 255 g/mol. The van der Waals surface area contributed by atoms with E-state index in [1.54, 1.807) is 6.07 Å². The molecular formula is C13H19ClN2O. The minimum atomic E-state index is -0.220. The number of benzene rings is 1. The highest BCUT2D eigenvalue weighted by Crippen LogP contribution is 2.24. The molecule has 0 aromatic heterocycles. The van der Waals surface area contributed by atoms with E-state index in [2.05, 4.69) is 4.90 Å². The molecule has 94 valence electrons. The van der Waals surface area contributed by atoms with Gasteiger partial charge < -0.3 is 10.8 Å². The summed E-state index contributed by atoms with van der Waals surface area (Å²) in [7, 11) is 0. The summed E-state index contributed by atoms with van der Waals surface area (Å²) in [6.07, 6.45) is 0.841. The summed E-state index contributed by atoms with van der Waals surface area (Å²) in [6, 6.07) is 5.64.